The summed E-state index contributed by atoms with van der Waals surface area (Å²) < 4.78 is 0. The van der Waals surface area contributed by atoms with Crippen LogP contribution in [0.3, 0.4) is 0 Å². The summed E-state index contributed by atoms with van der Waals surface area (Å²) >= 11 is 0. The van der Waals surface area contributed by atoms with Gasteiger partial charge < -0.3 is 11.1 Å². The summed E-state index contributed by atoms with van der Waals surface area (Å²) in [5, 5.41) is 3.92. The Morgan fingerprint density at radius 2 is 1.47 bits per heavy atom. The van der Waals surface area contributed by atoms with Gasteiger partial charge in [-0.3, -0.25) is 0 Å². The number of rotatable bonds is 3. The molecule has 102 valence electrons. The Kier molecular flexibility index (Phi) is 2.63. The second kappa shape index (κ2) is 4.24. The maximum Gasteiger partial charge on any atom is 0.0314 e. The standard InChI is InChI=1S/C17H24N2/c18-16-3-1-12(2-4-16)11-19-17-8-13-5-14(9-17)7-15(6-13)10-17/h1-4,13-15,19H,5-11,18H2. The molecule has 0 saturated heterocycles. The van der Waals surface area contributed by atoms with E-state index in [1.54, 1.807) is 0 Å². The van der Waals surface area contributed by atoms with E-state index >= 15 is 0 Å². The van der Waals surface area contributed by atoms with Crippen molar-refractivity contribution in [1.29, 1.82) is 0 Å². The van der Waals surface area contributed by atoms with Crippen molar-refractivity contribution in [2.24, 2.45) is 17.8 Å². The van der Waals surface area contributed by atoms with Gasteiger partial charge >= 0.3 is 0 Å². The van der Waals surface area contributed by atoms with Crippen molar-refractivity contribution < 1.29 is 0 Å². The van der Waals surface area contributed by atoms with Crippen molar-refractivity contribution in [3.63, 3.8) is 0 Å². The fourth-order valence-corrected chi connectivity index (χ4v) is 5.25. The number of nitrogens with one attached hydrogen (secondary N) is 1. The molecule has 0 amide bonds. The number of hydrogen-bond acceptors (Lipinski definition) is 2. The molecule has 0 heterocycles. The van der Waals surface area contributed by atoms with E-state index in [9.17, 15) is 0 Å². The molecule has 5 rings (SSSR count). The Morgan fingerprint density at radius 3 is 2.00 bits per heavy atom. The van der Waals surface area contributed by atoms with Crippen LogP contribution in [0, 0.1) is 17.8 Å². The second-order valence-electron chi connectivity index (χ2n) is 7.29. The molecule has 4 fully saturated rings. The lowest BCUT2D eigenvalue weighted by atomic mass is 9.53. The van der Waals surface area contributed by atoms with Crippen LogP contribution in [0.2, 0.25) is 0 Å². The number of nitrogen functional groups attached to an aromatic ring is 1. The van der Waals surface area contributed by atoms with Gasteiger partial charge in [-0.05, 0) is 74.0 Å². The maximum absolute atomic E-state index is 5.75. The summed E-state index contributed by atoms with van der Waals surface area (Å²) in [4.78, 5) is 0. The minimum Gasteiger partial charge on any atom is -0.399 e. The Morgan fingerprint density at radius 1 is 0.947 bits per heavy atom. The fourth-order valence-electron chi connectivity index (χ4n) is 5.25. The van der Waals surface area contributed by atoms with Crippen LogP contribution in [-0.2, 0) is 6.54 Å². The highest BCUT2D eigenvalue weighted by molar-refractivity contribution is 5.39. The number of anilines is 1. The number of nitrogens with two attached hydrogens (primary N) is 1. The second-order valence-corrected chi connectivity index (χ2v) is 7.29. The van der Waals surface area contributed by atoms with Crippen molar-refractivity contribution in [1.82, 2.24) is 5.32 Å². The molecule has 0 spiro atoms. The Balaban J connectivity index is 1.46. The Hall–Kier alpha value is -1.02. The molecule has 1 aromatic rings. The van der Waals surface area contributed by atoms with Crippen LogP contribution in [0.5, 0.6) is 0 Å². The zero-order valence-corrected chi connectivity index (χ0v) is 11.6. The van der Waals surface area contributed by atoms with Gasteiger partial charge in [0.1, 0.15) is 0 Å². The van der Waals surface area contributed by atoms with Gasteiger partial charge in [0, 0.05) is 17.8 Å². The summed E-state index contributed by atoms with van der Waals surface area (Å²) in [5.74, 6) is 3.06. The summed E-state index contributed by atoms with van der Waals surface area (Å²) in [5.41, 5.74) is 8.44. The molecule has 2 nitrogen and oxygen atoms in total. The predicted molar refractivity (Wildman–Crippen MR) is 78.6 cm³/mol. The lowest BCUT2D eigenvalue weighted by Gasteiger charge is -2.57. The van der Waals surface area contributed by atoms with Gasteiger partial charge in [-0.15, -0.1) is 0 Å². The van der Waals surface area contributed by atoms with Crippen molar-refractivity contribution in [3.05, 3.63) is 29.8 Å². The molecule has 2 heteroatoms. The zero-order valence-electron chi connectivity index (χ0n) is 11.6. The third-order valence-corrected chi connectivity index (χ3v) is 5.69. The van der Waals surface area contributed by atoms with Crippen molar-refractivity contribution in [2.75, 3.05) is 5.73 Å². The first-order valence-corrected chi connectivity index (χ1v) is 7.80. The van der Waals surface area contributed by atoms with E-state index in [0.29, 0.717) is 5.54 Å². The molecule has 4 aliphatic rings. The molecule has 4 saturated carbocycles. The molecule has 1 aromatic carbocycles. The number of benzene rings is 1. The van der Waals surface area contributed by atoms with Gasteiger partial charge in [0.2, 0.25) is 0 Å². The zero-order chi connectivity index (χ0) is 12.9. The molecule has 4 bridgehead atoms. The van der Waals surface area contributed by atoms with Gasteiger partial charge in [-0.25, -0.2) is 0 Å². The van der Waals surface area contributed by atoms with Gasteiger partial charge in [0.15, 0.2) is 0 Å². The lowest BCUT2D eigenvalue weighted by Crippen LogP contribution is -2.58. The van der Waals surface area contributed by atoms with E-state index in [1.807, 2.05) is 12.1 Å². The van der Waals surface area contributed by atoms with Crippen LogP contribution in [0.15, 0.2) is 24.3 Å². The maximum atomic E-state index is 5.75. The van der Waals surface area contributed by atoms with Gasteiger partial charge in [-0.1, -0.05) is 12.1 Å². The molecule has 19 heavy (non-hydrogen) atoms. The average molecular weight is 256 g/mol. The summed E-state index contributed by atoms with van der Waals surface area (Å²) in [6, 6.07) is 8.33. The molecule has 0 aromatic heterocycles. The minimum atomic E-state index is 0.468. The first-order valence-electron chi connectivity index (χ1n) is 7.80. The highest BCUT2D eigenvalue weighted by Gasteiger charge is 2.50. The molecule has 0 atom stereocenters. The molecule has 4 aliphatic carbocycles. The predicted octanol–water partition coefficient (Wildman–Crippen LogP) is 3.33. The van der Waals surface area contributed by atoms with Crippen LogP contribution in [0.4, 0.5) is 5.69 Å². The minimum absolute atomic E-state index is 0.468. The summed E-state index contributed by atoms with van der Waals surface area (Å²) in [6.07, 6.45) is 8.82. The Labute approximate surface area is 115 Å². The van der Waals surface area contributed by atoms with Crippen molar-refractivity contribution in [2.45, 2.75) is 50.6 Å². The quantitative estimate of drug-likeness (QED) is 0.814. The van der Waals surface area contributed by atoms with E-state index in [0.717, 1.165) is 30.0 Å². The van der Waals surface area contributed by atoms with Crippen LogP contribution >= 0.6 is 0 Å². The fraction of sp³-hybridized carbons (Fsp3) is 0.647. The van der Waals surface area contributed by atoms with Gasteiger partial charge in [-0.2, -0.15) is 0 Å². The van der Waals surface area contributed by atoms with E-state index in [1.165, 1.54) is 44.1 Å². The van der Waals surface area contributed by atoms with Gasteiger partial charge in [0.25, 0.3) is 0 Å². The highest BCUT2D eigenvalue weighted by atomic mass is 15.0. The molecule has 0 unspecified atom stereocenters. The monoisotopic (exact) mass is 256 g/mol. The van der Waals surface area contributed by atoms with Crippen molar-refractivity contribution >= 4 is 5.69 Å². The third-order valence-electron chi connectivity index (χ3n) is 5.69. The van der Waals surface area contributed by atoms with E-state index in [2.05, 4.69) is 17.4 Å². The normalized spacial score (nSPS) is 39.7. The van der Waals surface area contributed by atoms with Crippen molar-refractivity contribution in [3.8, 4) is 0 Å². The first-order chi connectivity index (χ1) is 9.21. The molecule has 0 aliphatic heterocycles. The van der Waals surface area contributed by atoms with Crippen LogP contribution in [0.1, 0.15) is 44.1 Å². The highest BCUT2D eigenvalue weighted by Crippen LogP contribution is 2.55. The smallest absolute Gasteiger partial charge is 0.0314 e. The van der Waals surface area contributed by atoms with Gasteiger partial charge in [0.05, 0.1) is 0 Å². The average Bonchev–Trinajstić information content (AvgIpc) is 2.36. The SMILES string of the molecule is Nc1ccc(CNC23CC4CC(CC(C4)C2)C3)cc1. The molecular weight excluding hydrogens is 232 g/mol. The molecular formula is C17H24N2. The topological polar surface area (TPSA) is 38.0 Å². The van der Waals surface area contributed by atoms with Crippen LogP contribution in [-0.4, -0.2) is 5.54 Å². The largest absolute Gasteiger partial charge is 0.399 e. The molecule has 3 N–H and O–H groups in total. The summed E-state index contributed by atoms with van der Waals surface area (Å²) in [7, 11) is 0. The lowest BCUT2D eigenvalue weighted by molar-refractivity contribution is -0.0206. The third kappa shape index (κ3) is 2.16. The van der Waals surface area contributed by atoms with E-state index in [4.69, 9.17) is 5.73 Å². The van der Waals surface area contributed by atoms with Crippen LogP contribution in [0.25, 0.3) is 0 Å². The Bertz CT molecular complexity index is 427. The van der Waals surface area contributed by atoms with E-state index in [-0.39, 0.29) is 0 Å². The van der Waals surface area contributed by atoms with E-state index < -0.39 is 0 Å². The number of hydrogen-bond donors (Lipinski definition) is 2. The molecule has 0 radical (unpaired) electrons. The first kappa shape index (κ1) is 11.8. The summed E-state index contributed by atoms with van der Waals surface area (Å²) in [6.45, 7) is 1.01. The van der Waals surface area contributed by atoms with Crippen LogP contribution < -0.4 is 11.1 Å².